The van der Waals surface area contributed by atoms with E-state index in [0.29, 0.717) is 36.2 Å². The summed E-state index contributed by atoms with van der Waals surface area (Å²) in [6.45, 7) is 10.5. The van der Waals surface area contributed by atoms with E-state index in [4.69, 9.17) is 4.74 Å². The monoisotopic (exact) mass is 568 g/mol. The molecule has 1 fully saturated rings. The topological polar surface area (TPSA) is 82.6 Å². The van der Waals surface area contributed by atoms with E-state index in [1.54, 1.807) is 12.1 Å². The molecule has 2 aliphatic heterocycles. The number of piperazine rings is 1. The predicted octanol–water partition coefficient (Wildman–Crippen LogP) is 5.45. The van der Waals surface area contributed by atoms with Crippen molar-refractivity contribution in [1.82, 2.24) is 14.9 Å². The second kappa shape index (κ2) is 11.9. The molecule has 2 aromatic carbocycles. The van der Waals surface area contributed by atoms with Gasteiger partial charge in [0.25, 0.3) is 0 Å². The first-order valence-corrected chi connectivity index (χ1v) is 14.0. The summed E-state index contributed by atoms with van der Waals surface area (Å²) in [7, 11) is 0. The number of amides is 1. The van der Waals surface area contributed by atoms with Crippen molar-refractivity contribution in [2.45, 2.75) is 52.3 Å². The third-order valence-electron chi connectivity index (χ3n) is 7.61. The molecule has 11 heteroatoms. The van der Waals surface area contributed by atoms with Crippen LogP contribution in [-0.2, 0) is 30.2 Å². The molecule has 3 heterocycles. The van der Waals surface area contributed by atoms with Gasteiger partial charge in [0.2, 0.25) is 11.9 Å². The van der Waals surface area contributed by atoms with Crippen LogP contribution in [0.3, 0.4) is 0 Å². The van der Waals surface area contributed by atoms with Gasteiger partial charge in [0.1, 0.15) is 5.75 Å². The second-order valence-electron chi connectivity index (χ2n) is 10.6. The minimum Gasteiger partial charge on any atom is -0.492 e. The third-order valence-corrected chi connectivity index (χ3v) is 7.61. The highest BCUT2D eigenvalue weighted by Crippen LogP contribution is 2.35. The maximum atomic E-state index is 13.9. The number of aromatic nitrogens is 2. The Morgan fingerprint density at radius 3 is 2.59 bits per heavy atom. The molecule has 2 aliphatic rings. The number of carbonyl (C=O) groups excluding carboxylic acids is 1. The van der Waals surface area contributed by atoms with Crippen LogP contribution in [0.4, 0.5) is 36.2 Å². The lowest BCUT2D eigenvalue weighted by molar-refractivity contribution is -0.138. The van der Waals surface area contributed by atoms with Crippen LogP contribution in [0.15, 0.2) is 42.6 Å². The van der Waals surface area contributed by atoms with E-state index >= 15 is 0 Å². The number of fused-ring (bicyclic) bond motifs is 1. The highest BCUT2D eigenvalue weighted by Gasteiger charge is 2.35. The Morgan fingerprint density at radius 1 is 1.10 bits per heavy atom. The molecule has 3 aromatic rings. The smallest absolute Gasteiger partial charge is 0.419 e. The fourth-order valence-corrected chi connectivity index (χ4v) is 5.41. The average Bonchev–Trinajstić information content (AvgIpc) is 3.33. The van der Waals surface area contributed by atoms with E-state index in [2.05, 4.69) is 44.2 Å². The molecule has 0 aliphatic carbocycles. The molecule has 218 valence electrons. The number of hydrogen-bond acceptors (Lipinski definition) is 7. The van der Waals surface area contributed by atoms with Crippen LogP contribution in [0.1, 0.15) is 43.2 Å². The van der Waals surface area contributed by atoms with Gasteiger partial charge in [0.15, 0.2) is 0 Å². The maximum Gasteiger partial charge on any atom is 0.419 e. The highest BCUT2D eigenvalue weighted by atomic mass is 19.4. The molecular weight excluding hydrogens is 533 g/mol. The number of carbonyl (C=O) groups is 1. The second-order valence-corrected chi connectivity index (χ2v) is 10.6. The zero-order valence-corrected chi connectivity index (χ0v) is 23.5. The van der Waals surface area contributed by atoms with E-state index in [-0.39, 0.29) is 30.4 Å². The van der Waals surface area contributed by atoms with Gasteiger partial charge < -0.3 is 20.3 Å². The lowest BCUT2D eigenvalue weighted by Gasteiger charge is -2.38. The summed E-state index contributed by atoms with van der Waals surface area (Å²) >= 11 is 0. The Balaban J connectivity index is 1.36. The van der Waals surface area contributed by atoms with Crippen molar-refractivity contribution in [3.05, 3.63) is 65.0 Å². The standard InChI is InChI=1S/C30H35F3N6O2/c1-4-41-27-16-21(39-14-12-38(13-15-39)19(2)3)9-11-26(27)37-29-34-18-23(30(31,32)33)25(36-29)10-8-20-6-5-7-24-22(20)17-28(40)35-24/h5-7,9,11,16,18-19H,4,8,10,12-15,17H2,1-3H3,(H,35,40)(H,34,36,37). The molecular formula is C30H35F3N6O2. The zero-order valence-electron chi connectivity index (χ0n) is 23.5. The lowest BCUT2D eigenvalue weighted by Crippen LogP contribution is -2.48. The minimum absolute atomic E-state index is 0.0380. The van der Waals surface area contributed by atoms with Gasteiger partial charge in [-0.1, -0.05) is 12.1 Å². The zero-order chi connectivity index (χ0) is 29.1. The number of nitrogens with one attached hydrogen (secondary N) is 2. The predicted molar refractivity (Wildman–Crippen MR) is 153 cm³/mol. The van der Waals surface area contributed by atoms with Gasteiger partial charge in [0, 0.05) is 55.9 Å². The van der Waals surface area contributed by atoms with E-state index in [1.165, 1.54) is 0 Å². The van der Waals surface area contributed by atoms with E-state index in [9.17, 15) is 18.0 Å². The Hall–Kier alpha value is -3.86. The number of ether oxygens (including phenoxy) is 1. The molecule has 41 heavy (non-hydrogen) atoms. The number of nitrogens with zero attached hydrogens (tertiary/aromatic N) is 4. The number of halogens is 3. The van der Waals surface area contributed by atoms with Crippen LogP contribution in [0, 0.1) is 0 Å². The Morgan fingerprint density at radius 2 is 1.88 bits per heavy atom. The Kier molecular flexibility index (Phi) is 8.35. The number of hydrogen-bond donors (Lipinski definition) is 2. The maximum absolute atomic E-state index is 13.9. The van der Waals surface area contributed by atoms with Gasteiger partial charge in [0.05, 0.1) is 30.0 Å². The number of aryl methyl sites for hydroxylation is 2. The molecule has 2 N–H and O–H groups in total. The molecule has 8 nitrogen and oxygen atoms in total. The SMILES string of the molecule is CCOc1cc(N2CCN(C(C)C)CC2)ccc1Nc1ncc(C(F)(F)F)c(CCc2cccc3c2CC(=O)N3)n1. The molecule has 1 amide bonds. The van der Waals surface area contributed by atoms with Crippen molar-refractivity contribution < 1.29 is 22.7 Å². The van der Waals surface area contributed by atoms with Gasteiger partial charge in [-0.25, -0.2) is 9.97 Å². The third kappa shape index (κ3) is 6.56. The van der Waals surface area contributed by atoms with Crippen molar-refractivity contribution >= 4 is 28.9 Å². The van der Waals surface area contributed by atoms with Crippen molar-refractivity contribution in [2.75, 3.05) is 48.3 Å². The van der Waals surface area contributed by atoms with Crippen LogP contribution in [0.25, 0.3) is 0 Å². The number of benzene rings is 2. The molecule has 1 aromatic heterocycles. The normalized spacial score (nSPS) is 15.7. The molecule has 1 saturated heterocycles. The largest absolute Gasteiger partial charge is 0.492 e. The minimum atomic E-state index is -4.60. The molecule has 0 atom stereocenters. The van der Waals surface area contributed by atoms with Crippen molar-refractivity contribution in [1.29, 1.82) is 0 Å². The Labute approximate surface area is 237 Å². The summed E-state index contributed by atoms with van der Waals surface area (Å²) in [6.07, 6.45) is -3.20. The summed E-state index contributed by atoms with van der Waals surface area (Å²) in [5.41, 5.74) is 2.99. The molecule has 0 unspecified atom stereocenters. The molecule has 0 saturated carbocycles. The Bertz CT molecular complexity index is 1400. The van der Waals surface area contributed by atoms with Crippen LogP contribution >= 0.6 is 0 Å². The fraction of sp³-hybridized carbons (Fsp3) is 0.433. The van der Waals surface area contributed by atoms with Crippen LogP contribution in [0.5, 0.6) is 5.75 Å². The van der Waals surface area contributed by atoms with Crippen LogP contribution in [-0.4, -0.2) is 59.6 Å². The van der Waals surface area contributed by atoms with E-state index in [0.717, 1.165) is 49.2 Å². The van der Waals surface area contributed by atoms with E-state index in [1.807, 2.05) is 31.2 Å². The van der Waals surface area contributed by atoms with Gasteiger partial charge in [-0.05, 0) is 62.9 Å². The highest BCUT2D eigenvalue weighted by molar-refractivity contribution is 5.99. The van der Waals surface area contributed by atoms with Gasteiger partial charge in [-0.3, -0.25) is 9.69 Å². The molecule has 0 bridgehead atoms. The van der Waals surface area contributed by atoms with Gasteiger partial charge in [-0.15, -0.1) is 0 Å². The lowest BCUT2D eigenvalue weighted by atomic mass is 9.98. The summed E-state index contributed by atoms with van der Waals surface area (Å²) in [6, 6.07) is 11.7. The fourth-order valence-electron chi connectivity index (χ4n) is 5.41. The quantitative estimate of drug-likeness (QED) is 0.355. The first-order chi connectivity index (χ1) is 19.6. The first-order valence-electron chi connectivity index (χ1n) is 14.0. The summed E-state index contributed by atoms with van der Waals surface area (Å²) in [5, 5.41) is 5.86. The summed E-state index contributed by atoms with van der Waals surface area (Å²) in [4.78, 5) is 24.9. The van der Waals surface area contributed by atoms with Crippen LogP contribution < -0.4 is 20.3 Å². The van der Waals surface area contributed by atoms with Gasteiger partial charge in [-0.2, -0.15) is 13.2 Å². The van der Waals surface area contributed by atoms with E-state index < -0.39 is 11.7 Å². The molecule has 0 radical (unpaired) electrons. The number of alkyl halides is 3. The van der Waals surface area contributed by atoms with Crippen molar-refractivity contribution in [3.8, 4) is 5.75 Å². The van der Waals surface area contributed by atoms with Gasteiger partial charge >= 0.3 is 6.18 Å². The summed E-state index contributed by atoms with van der Waals surface area (Å²) < 4.78 is 47.5. The molecule has 5 rings (SSSR count). The van der Waals surface area contributed by atoms with Crippen molar-refractivity contribution in [2.24, 2.45) is 0 Å². The first kappa shape index (κ1) is 28.7. The van der Waals surface area contributed by atoms with Crippen LogP contribution in [0.2, 0.25) is 0 Å². The number of rotatable bonds is 9. The number of anilines is 4. The average molecular weight is 569 g/mol. The van der Waals surface area contributed by atoms with Crippen molar-refractivity contribution in [3.63, 3.8) is 0 Å². The molecule has 0 spiro atoms. The summed E-state index contributed by atoms with van der Waals surface area (Å²) in [5.74, 6) is 0.520.